The van der Waals surface area contributed by atoms with Crippen LogP contribution in [0.2, 0.25) is 0 Å². The summed E-state index contributed by atoms with van der Waals surface area (Å²) in [5, 5.41) is 0. The molecule has 0 aliphatic carbocycles. The molecule has 0 saturated carbocycles. The van der Waals surface area contributed by atoms with E-state index in [0.717, 1.165) is 19.4 Å². The number of carbonyl (C=O) groups excluding carboxylic acids is 1. The minimum Gasteiger partial charge on any atom is -0.491 e. The summed E-state index contributed by atoms with van der Waals surface area (Å²) in [5.41, 5.74) is 0. The van der Waals surface area contributed by atoms with Crippen molar-refractivity contribution < 1.29 is 13.9 Å². The fraction of sp³-hybridized carbons (Fsp3) is 0.562. The van der Waals surface area contributed by atoms with Gasteiger partial charge in [0.25, 0.3) is 0 Å². The number of hydrogen-bond donors (Lipinski definition) is 0. The third-order valence-corrected chi connectivity index (χ3v) is 3.75. The minimum atomic E-state index is -0.358. The molecule has 1 aliphatic rings. The van der Waals surface area contributed by atoms with Crippen LogP contribution in [0.5, 0.6) is 5.75 Å². The van der Waals surface area contributed by atoms with Crippen LogP contribution in [0.15, 0.2) is 24.3 Å². The molecule has 2 rings (SSSR count). The first-order valence-corrected chi connectivity index (χ1v) is 7.35. The fourth-order valence-corrected chi connectivity index (χ4v) is 2.58. The number of rotatable bonds is 5. The topological polar surface area (TPSA) is 29.5 Å². The van der Waals surface area contributed by atoms with Gasteiger partial charge >= 0.3 is 0 Å². The number of hydrogen-bond acceptors (Lipinski definition) is 2. The van der Waals surface area contributed by atoms with Crippen LogP contribution >= 0.6 is 0 Å². The van der Waals surface area contributed by atoms with Crippen LogP contribution in [-0.4, -0.2) is 30.0 Å². The number of nitrogens with zero attached hydrogens (tertiary/aromatic N) is 1. The minimum absolute atomic E-state index is 0.189. The van der Waals surface area contributed by atoms with Crippen molar-refractivity contribution in [2.75, 3.05) is 13.2 Å². The number of carbonyl (C=O) groups is 1. The fourth-order valence-electron chi connectivity index (χ4n) is 2.58. The van der Waals surface area contributed by atoms with Crippen LogP contribution in [-0.2, 0) is 4.79 Å². The van der Waals surface area contributed by atoms with E-state index in [0.29, 0.717) is 25.5 Å². The Morgan fingerprint density at radius 1 is 1.40 bits per heavy atom. The van der Waals surface area contributed by atoms with Gasteiger partial charge in [0.15, 0.2) is 11.6 Å². The molecule has 0 N–H and O–H groups in total. The number of halogens is 1. The number of amides is 1. The number of benzene rings is 1. The van der Waals surface area contributed by atoms with Gasteiger partial charge in [-0.25, -0.2) is 4.39 Å². The molecule has 0 aromatic heterocycles. The average molecular weight is 279 g/mol. The molecule has 0 spiro atoms. The van der Waals surface area contributed by atoms with Crippen molar-refractivity contribution in [1.29, 1.82) is 0 Å². The molecule has 1 aromatic rings. The SMILES string of the molecule is CC1CCCCN1C(=O)CCCOc1ccccc1F. The standard InChI is InChI=1S/C16H22FNO2/c1-13-7-4-5-11-18(13)16(19)10-6-12-20-15-9-3-2-8-14(15)17/h2-3,8-9,13H,4-7,10-12H2,1H3. The van der Waals surface area contributed by atoms with E-state index in [1.807, 2.05) is 4.90 Å². The molecule has 0 radical (unpaired) electrons. The lowest BCUT2D eigenvalue weighted by Gasteiger charge is -2.33. The van der Waals surface area contributed by atoms with Crippen molar-refractivity contribution in [3.63, 3.8) is 0 Å². The highest BCUT2D eigenvalue weighted by Gasteiger charge is 2.22. The molecular formula is C16H22FNO2. The van der Waals surface area contributed by atoms with Gasteiger partial charge in [0.1, 0.15) is 0 Å². The Morgan fingerprint density at radius 3 is 2.95 bits per heavy atom. The molecule has 3 nitrogen and oxygen atoms in total. The molecule has 1 heterocycles. The maximum absolute atomic E-state index is 13.3. The third-order valence-electron chi connectivity index (χ3n) is 3.75. The zero-order valence-corrected chi connectivity index (χ0v) is 12.0. The zero-order valence-electron chi connectivity index (χ0n) is 12.0. The van der Waals surface area contributed by atoms with Crippen LogP contribution < -0.4 is 4.74 Å². The number of piperidine rings is 1. The van der Waals surface area contributed by atoms with Crippen molar-refractivity contribution in [3.8, 4) is 5.75 Å². The monoisotopic (exact) mass is 279 g/mol. The van der Waals surface area contributed by atoms with Gasteiger partial charge in [-0.05, 0) is 44.7 Å². The highest BCUT2D eigenvalue weighted by atomic mass is 19.1. The number of para-hydroxylation sites is 1. The third kappa shape index (κ3) is 3.95. The Morgan fingerprint density at radius 2 is 2.20 bits per heavy atom. The van der Waals surface area contributed by atoms with Gasteiger partial charge < -0.3 is 9.64 Å². The zero-order chi connectivity index (χ0) is 14.4. The molecule has 1 fully saturated rings. The molecule has 1 aromatic carbocycles. The van der Waals surface area contributed by atoms with Crippen molar-refractivity contribution in [3.05, 3.63) is 30.1 Å². The largest absolute Gasteiger partial charge is 0.491 e. The van der Waals surface area contributed by atoms with E-state index in [4.69, 9.17) is 4.74 Å². The van der Waals surface area contributed by atoms with Gasteiger partial charge in [-0.3, -0.25) is 4.79 Å². The summed E-state index contributed by atoms with van der Waals surface area (Å²) >= 11 is 0. The van der Waals surface area contributed by atoms with Gasteiger partial charge in [0, 0.05) is 19.0 Å². The highest BCUT2D eigenvalue weighted by molar-refractivity contribution is 5.76. The van der Waals surface area contributed by atoms with Crippen molar-refractivity contribution in [2.24, 2.45) is 0 Å². The average Bonchev–Trinajstić information content (AvgIpc) is 2.45. The van der Waals surface area contributed by atoms with Crippen LogP contribution in [0.25, 0.3) is 0 Å². The maximum Gasteiger partial charge on any atom is 0.222 e. The second-order valence-electron chi connectivity index (χ2n) is 5.31. The summed E-state index contributed by atoms with van der Waals surface area (Å²) in [6.07, 6.45) is 4.50. The van der Waals surface area contributed by atoms with Crippen molar-refractivity contribution in [1.82, 2.24) is 4.90 Å². The van der Waals surface area contributed by atoms with Gasteiger partial charge in [0.05, 0.1) is 6.61 Å². The normalized spacial score (nSPS) is 18.9. The van der Waals surface area contributed by atoms with E-state index in [1.54, 1.807) is 18.2 Å². The summed E-state index contributed by atoms with van der Waals surface area (Å²) in [7, 11) is 0. The molecule has 0 bridgehead atoms. The maximum atomic E-state index is 13.3. The molecule has 20 heavy (non-hydrogen) atoms. The summed E-state index contributed by atoms with van der Waals surface area (Å²) in [4.78, 5) is 14.0. The van der Waals surface area contributed by atoms with Crippen molar-refractivity contribution >= 4 is 5.91 Å². The Balaban J connectivity index is 1.70. The van der Waals surface area contributed by atoms with E-state index in [2.05, 4.69) is 6.92 Å². The van der Waals surface area contributed by atoms with Crippen molar-refractivity contribution in [2.45, 2.75) is 45.1 Å². The Labute approximate surface area is 119 Å². The van der Waals surface area contributed by atoms with Crippen LogP contribution in [0.3, 0.4) is 0 Å². The molecule has 1 atom stereocenters. The molecule has 1 unspecified atom stereocenters. The molecular weight excluding hydrogens is 257 g/mol. The van der Waals surface area contributed by atoms with Crippen LogP contribution in [0, 0.1) is 5.82 Å². The van der Waals surface area contributed by atoms with E-state index in [-0.39, 0.29) is 17.5 Å². The van der Waals surface area contributed by atoms with Gasteiger partial charge in [0.2, 0.25) is 5.91 Å². The predicted octanol–water partition coefficient (Wildman–Crippen LogP) is 3.39. The first kappa shape index (κ1) is 14.8. The van der Waals surface area contributed by atoms with Gasteiger partial charge in [-0.2, -0.15) is 0 Å². The van der Waals surface area contributed by atoms with Crippen LogP contribution in [0.4, 0.5) is 4.39 Å². The quantitative estimate of drug-likeness (QED) is 0.773. The number of ether oxygens (including phenoxy) is 1. The van der Waals surface area contributed by atoms with E-state index in [1.165, 1.54) is 12.5 Å². The van der Waals surface area contributed by atoms with Crippen LogP contribution in [0.1, 0.15) is 39.0 Å². The number of likely N-dealkylation sites (tertiary alicyclic amines) is 1. The Kier molecular flexibility index (Phi) is 5.39. The van der Waals surface area contributed by atoms with E-state index in [9.17, 15) is 9.18 Å². The van der Waals surface area contributed by atoms with Gasteiger partial charge in [-0.1, -0.05) is 12.1 Å². The summed E-state index contributed by atoms with van der Waals surface area (Å²) in [6, 6.07) is 6.69. The predicted molar refractivity (Wildman–Crippen MR) is 76.2 cm³/mol. The smallest absolute Gasteiger partial charge is 0.222 e. The summed E-state index contributed by atoms with van der Waals surface area (Å²) in [5.74, 6) is 0.0871. The molecule has 4 heteroatoms. The molecule has 110 valence electrons. The first-order chi connectivity index (χ1) is 9.68. The second kappa shape index (κ2) is 7.27. The molecule has 1 saturated heterocycles. The molecule has 1 amide bonds. The lowest BCUT2D eigenvalue weighted by atomic mass is 10.0. The van der Waals surface area contributed by atoms with Gasteiger partial charge in [-0.15, -0.1) is 0 Å². The lowest BCUT2D eigenvalue weighted by molar-refractivity contribution is -0.134. The van der Waals surface area contributed by atoms with E-state index >= 15 is 0 Å². The second-order valence-corrected chi connectivity index (χ2v) is 5.31. The lowest BCUT2D eigenvalue weighted by Crippen LogP contribution is -2.42. The van der Waals surface area contributed by atoms with E-state index < -0.39 is 0 Å². The Hall–Kier alpha value is -1.58. The highest BCUT2D eigenvalue weighted by Crippen LogP contribution is 2.18. The summed E-state index contributed by atoms with van der Waals surface area (Å²) < 4.78 is 18.7. The first-order valence-electron chi connectivity index (χ1n) is 7.35. The Bertz CT molecular complexity index is 450. The summed E-state index contributed by atoms with van der Waals surface area (Å²) in [6.45, 7) is 3.34. The molecule has 1 aliphatic heterocycles.